The maximum Gasteiger partial charge on any atom is 0.233 e. The second-order valence-corrected chi connectivity index (χ2v) is 9.65. The van der Waals surface area contributed by atoms with Gasteiger partial charge in [0.1, 0.15) is 0 Å². The third-order valence-corrected chi connectivity index (χ3v) is 7.06. The maximum atomic E-state index is 12.9. The van der Waals surface area contributed by atoms with Gasteiger partial charge in [-0.2, -0.15) is 0 Å². The number of rotatable bonds is 4. The Morgan fingerprint density at radius 1 is 1.17 bits per heavy atom. The number of amides is 3. The van der Waals surface area contributed by atoms with Gasteiger partial charge >= 0.3 is 0 Å². The SMILES string of the molecule is Cc1cccc(N=C2S[C@H](C)CN2C(=O)CCN2C(=O)[C@H]3CCCC[C@@H]3C2=O)c1. The molecule has 4 rings (SSSR count). The zero-order valence-corrected chi connectivity index (χ0v) is 17.8. The van der Waals surface area contributed by atoms with Crippen LogP contribution in [0.5, 0.6) is 0 Å². The van der Waals surface area contributed by atoms with Crippen LogP contribution in [0.4, 0.5) is 5.69 Å². The van der Waals surface area contributed by atoms with Crippen molar-refractivity contribution in [1.82, 2.24) is 9.80 Å². The van der Waals surface area contributed by atoms with Crippen LogP contribution >= 0.6 is 11.8 Å². The number of carbonyl (C=O) groups excluding carboxylic acids is 3. The van der Waals surface area contributed by atoms with Gasteiger partial charge in [-0.05, 0) is 37.5 Å². The smallest absolute Gasteiger partial charge is 0.233 e. The highest BCUT2D eigenvalue weighted by molar-refractivity contribution is 8.14. The van der Waals surface area contributed by atoms with Crippen LogP contribution in [-0.4, -0.2) is 51.0 Å². The molecule has 1 aliphatic carbocycles. The molecule has 0 unspecified atom stereocenters. The fourth-order valence-electron chi connectivity index (χ4n) is 4.51. The van der Waals surface area contributed by atoms with Gasteiger partial charge in [0.05, 0.1) is 17.5 Å². The Morgan fingerprint density at radius 3 is 2.52 bits per heavy atom. The summed E-state index contributed by atoms with van der Waals surface area (Å²) in [6.45, 7) is 4.86. The average molecular weight is 414 g/mol. The van der Waals surface area contributed by atoms with Crippen LogP contribution in [0.1, 0.15) is 44.6 Å². The fraction of sp³-hybridized carbons (Fsp3) is 0.545. The highest BCUT2D eigenvalue weighted by atomic mass is 32.2. The van der Waals surface area contributed by atoms with Crippen molar-refractivity contribution in [3.05, 3.63) is 29.8 Å². The van der Waals surface area contributed by atoms with E-state index in [9.17, 15) is 14.4 Å². The molecule has 0 radical (unpaired) electrons. The topological polar surface area (TPSA) is 70.1 Å². The number of aryl methyl sites for hydroxylation is 1. The number of fused-ring (bicyclic) bond motifs is 1. The van der Waals surface area contributed by atoms with E-state index in [2.05, 4.69) is 11.9 Å². The summed E-state index contributed by atoms with van der Waals surface area (Å²) >= 11 is 1.59. The third kappa shape index (κ3) is 4.10. The van der Waals surface area contributed by atoms with E-state index < -0.39 is 0 Å². The highest BCUT2D eigenvalue weighted by Gasteiger charge is 2.48. The molecule has 0 N–H and O–H groups in total. The van der Waals surface area contributed by atoms with Crippen LogP contribution in [0.3, 0.4) is 0 Å². The third-order valence-electron chi connectivity index (χ3n) is 5.99. The van der Waals surface area contributed by atoms with Gasteiger partial charge in [0.2, 0.25) is 17.7 Å². The Morgan fingerprint density at radius 2 is 1.86 bits per heavy atom. The van der Waals surface area contributed by atoms with Crippen LogP contribution in [0, 0.1) is 18.8 Å². The molecule has 0 aromatic heterocycles. The summed E-state index contributed by atoms with van der Waals surface area (Å²) in [5.74, 6) is -0.557. The molecule has 3 amide bonds. The largest absolute Gasteiger partial charge is 0.290 e. The standard InChI is InChI=1S/C22H27N3O3S/c1-14-6-5-7-16(12-14)23-22-25(13-15(2)29-22)19(26)10-11-24-20(27)17-8-3-4-9-18(17)21(24)28/h5-7,12,15,17-18H,3-4,8-11,13H2,1-2H3/t15-,17+,18+/m1/s1. The van der Waals surface area contributed by atoms with Gasteiger partial charge in [0.15, 0.2) is 5.17 Å². The predicted octanol–water partition coefficient (Wildman–Crippen LogP) is 3.51. The molecule has 2 saturated heterocycles. The number of benzene rings is 1. The first-order valence-electron chi connectivity index (χ1n) is 10.4. The molecule has 29 heavy (non-hydrogen) atoms. The summed E-state index contributed by atoms with van der Waals surface area (Å²) in [6.07, 6.45) is 3.76. The number of likely N-dealkylation sites (tertiary alicyclic amines) is 1. The molecule has 2 heterocycles. The summed E-state index contributed by atoms with van der Waals surface area (Å²) in [7, 11) is 0. The van der Waals surface area contributed by atoms with Crippen molar-refractivity contribution in [2.24, 2.45) is 16.8 Å². The van der Waals surface area contributed by atoms with E-state index in [-0.39, 0.29) is 47.8 Å². The zero-order valence-electron chi connectivity index (χ0n) is 17.0. The molecule has 3 aliphatic rings. The molecule has 1 aromatic rings. The first-order chi connectivity index (χ1) is 13.9. The van der Waals surface area contributed by atoms with Crippen molar-refractivity contribution < 1.29 is 14.4 Å². The molecule has 7 heteroatoms. The molecule has 1 saturated carbocycles. The van der Waals surface area contributed by atoms with Gasteiger partial charge in [-0.3, -0.25) is 24.2 Å². The Labute approximate surface area is 175 Å². The van der Waals surface area contributed by atoms with E-state index in [1.54, 1.807) is 16.7 Å². The summed E-state index contributed by atoms with van der Waals surface area (Å²) in [4.78, 5) is 45.9. The van der Waals surface area contributed by atoms with Crippen LogP contribution in [0.15, 0.2) is 29.3 Å². The van der Waals surface area contributed by atoms with Crippen molar-refractivity contribution in [1.29, 1.82) is 0 Å². The van der Waals surface area contributed by atoms with E-state index in [0.29, 0.717) is 11.7 Å². The lowest BCUT2D eigenvalue weighted by molar-refractivity contribution is -0.140. The molecular weight excluding hydrogens is 386 g/mol. The number of nitrogens with zero attached hydrogens (tertiary/aromatic N) is 3. The number of hydrogen-bond donors (Lipinski definition) is 0. The van der Waals surface area contributed by atoms with E-state index >= 15 is 0 Å². The number of imide groups is 1. The Kier molecular flexibility index (Phi) is 5.76. The predicted molar refractivity (Wildman–Crippen MR) is 114 cm³/mol. The highest BCUT2D eigenvalue weighted by Crippen LogP contribution is 2.38. The first kappa shape index (κ1) is 20.1. The molecule has 1 aromatic carbocycles. The fourth-order valence-corrected chi connectivity index (χ4v) is 5.56. The molecule has 6 nitrogen and oxygen atoms in total. The van der Waals surface area contributed by atoms with Crippen molar-refractivity contribution >= 4 is 40.3 Å². The van der Waals surface area contributed by atoms with Crippen LogP contribution in [0.2, 0.25) is 0 Å². The lowest BCUT2D eigenvalue weighted by atomic mass is 9.81. The average Bonchev–Trinajstić information content (AvgIpc) is 3.18. The van der Waals surface area contributed by atoms with E-state index in [1.807, 2.05) is 31.2 Å². The first-order valence-corrected chi connectivity index (χ1v) is 11.3. The Bertz CT molecular complexity index is 845. The summed E-state index contributed by atoms with van der Waals surface area (Å²) in [6, 6.07) is 7.88. The van der Waals surface area contributed by atoms with Crippen molar-refractivity contribution in [3.63, 3.8) is 0 Å². The number of amidine groups is 1. The minimum Gasteiger partial charge on any atom is -0.290 e. The molecular formula is C22H27N3O3S. The molecule has 154 valence electrons. The molecule has 3 fully saturated rings. The van der Waals surface area contributed by atoms with Crippen molar-refractivity contribution in [3.8, 4) is 0 Å². The van der Waals surface area contributed by atoms with E-state index in [4.69, 9.17) is 0 Å². The van der Waals surface area contributed by atoms with Crippen molar-refractivity contribution in [2.45, 2.75) is 51.2 Å². The number of carbonyl (C=O) groups is 3. The Balaban J connectivity index is 1.43. The van der Waals surface area contributed by atoms with Gasteiger partial charge in [-0.15, -0.1) is 0 Å². The second kappa shape index (κ2) is 8.30. The van der Waals surface area contributed by atoms with Gasteiger partial charge in [0.25, 0.3) is 0 Å². The van der Waals surface area contributed by atoms with Gasteiger partial charge in [0, 0.05) is 24.8 Å². The monoisotopic (exact) mass is 413 g/mol. The van der Waals surface area contributed by atoms with Gasteiger partial charge in [-0.1, -0.05) is 43.7 Å². The Hall–Kier alpha value is -2.15. The zero-order chi connectivity index (χ0) is 20.5. The quantitative estimate of drug-likeness (QED) is 0.708. The van der Waals surface area contributed by atoms with Gasteiger partial charge < -0.3 is 0 Å². The summed E-state index contributed by atoms with van der Waals surface area (Å²) < 4.78 is 0. The summed E-state index contributed by atoms with van der Waals surface area (Å²) in [5.41, 5.74) is 1.95. The normalized spacial score (nSPS) is 28.3. The summed E-state index contributed by atoms with van der Waals surface area (Å²) in [5, 5.41) is 0.960. The second-order valence-electron chi connectivity index (χ2n) is 8.24. The van der Waals surface area contributed by atoms with E-state index in [0.717, 1.165) is 36.9 Å². The minimum absolute atomic E-state index is 0.0784. The maximum absolute atomic E-state index is 12.9. The molecule has 0 spiro atoms. The van der Waals surface area contributed by atoms with Crippen LogP contribution < -0.4 is 0 Å². The van der Waals surface area contributed by atoms with E-state index in [1.165, 1.54) is 4.90 Å². The van der Waals surface area contributed by atoms with Gasteiger partial charge in [-0.25, -0.2) is 4.99 Å². The van der Waals surface area contributed by atoms with Crippen molar-refractivity contribution in [2.75, 3.05) is 13.1 Å². The lowest BCUT2D eigenvalue weighted by Crippen LogP contribution is -2.38. The number of thioether (sulfide) groups is 1. The minimum atomic E-state index is -0.160. The van der Waals surface area contributed by atoms with Crippen LogP contribution in [0.25, 0.3) is 0 Å². The lowest BCUT2D eigenvalue weighted by Gasteiger charge is -2.19. The molecule has 2 aliphatic heterocycles. The number of hydrogen-bond acceptors (Lipinski definition) is 5. The van der Waals surface area contributed by atoms with Crippen LogP contribution in [-0.2, 0) is 14.4 Å². The molecule has 3 atom stereocenters. The number of aliphatic imine (C=N–C) groups is 1. The molecule has 0 bridgehead atoms.